The SMILES string of the molecule is CC(O)c1cc(NC(=O)N2CCC(C(F)(F)Sc3cccc(F)c3)CC2)ccn1. The topological polar surface area (TPSA) is 65.5 Å². The first-order valence-corrected chi connectivity index (χ1v) is 10.1. The summed E-state index contributed by atoms with van der Waals surface area (Å²) in [6, 6.07) is 7.96. The summed E-state index contributed by atoms with van der Waals surface area (Å²) in [4.78, 5) is 18.1. The van der Waals surface area contributed by atoms with Gasteiger partial charge in [-0.25, -0.2) is 9.18 Å². The highest BCUT2D eigenvalue weighted by molar-refractivity contribution is 8.00. The number of pyridine rings is 1. The largest absolute Gasteiger partial charge is 0.387 e. The summed E-state index contributed by atoms with van der Waals surface area (Å²) < 4.78 is 42.5. The standard InChI is InChI=1S/C20H22F3N3O2S/c1-13(27)18-12-16(5-8-24-18)25-19(28)26-9-6-14(7-10-26)20(22,23)29-17-4-2-3-15(21)11-17/h2-5,8,11-14,27H,6-7,9-10H2,1H3,(H,24,25,28). The predicted molar refractivity (Wildman–Crippen MR) is 105 cm³/mol. The van der Waals surface area contributed by atoms with Crippen LogP contribution in [0.5, 0.6) is 0 Å². The maximum absolute atomic E-state index is 14.6. The first kappa shape index (κ1) is 21.4. The Balaban J connectivity index is 1.55. The van der Waals surface area contributed by atoms with Crippen LogP contribution in [-0.4, -0.2) is 39.4 Å². The van der Waals surface area contributed by atoms with Crippen molar-refractivity contribution in [1.29, 1.82) is 0 Å². The van der Waals surface area contributed by atoms with Crippen LogP contribution in [0.2, 0.25) is 0 Å². The number of thioether (sulfide) groups is 1. The van der Waals surface area contributed by atoms with Crippen molar-refractivity contribution in [3.63, 3.8) is 0 Å². The van der Waals surface area contributed by atoms with E-state index >= 15 is 0 Å². The highest BCUT2D eigenvalue weighted by Crippen LogP contribution is 2.45. The molecule has 1 aromatic carbocycles. The Hall–Kier alpha value is -2.26. The average molecular weight is 425 g/mol. The Morgan fingerprint density at radius 2 is 2.03 bits per heavy atom. The van der Waals surface area contributed by atoms with Crippen molar-refractivity contribution in [2.75, 3.05) is 18.4 Å². The van der Waals surface area contributed by atoms with Crippen LogP contribution in [0.3, 0.4) is 0 Å². The highest BCUT2D eigenvalue weighted by Gasteiger charge is 2.42. The number of benzene rings is 1. The number of aliphatic hydroxyl groups excluding tert-OH is 1. The molecule has 1 saturated heterocycles. The molecule has 3 rings (SSSR count). The summed E-state index contributed by atoms with van der Waals surface area (Å²) in [5, 5.41) is 9.24. The monoisotopic (exact) mass is 425 g/mol. The van der Waals surface area contributed by atoms with Crippen molar-refractivity contribution in [1.82, 2.24) is 9.88 Å². The van der Waals surface area contributed by atoms with E-state index in [4.69, 9.17) is 0 Å². The molecule has 0 saturated carbocycles. The minimum Gasteiger partial charge on any atom is -0.387 e. The number of carbonyl (C=O) groups is 1. The van der Waals surface area contributed by atoms with Crippen LogP contribution >= 0.6 is 11.8 Å². The molecule has 156 valence electrons. The van der Waals surface area contributed by atoms with E-state index in [1.807, 2.05) is 0 Å². The minimum atomic E-state index is -3.05. The van der Waals surface area contributed by atoms with Gasteiger partial charge >= 0.3 is 11.3 Å². The highest BCUT2D eigenvalue weighted by atomic mass is 32.2. The van der Waals surface area contributed by atoms with Crippen LogP contribution < -0.4 is 5.32 Å². The summed E-state index contributed by atoms with van der Waals surface area (Å²) in [7, 11) is 0. The first-order chi connectivity index (χ1) is 13.7. The van der Waals surface area contributed by atoms with Gasteiger partial charge in [0.1, 0.15) is 5.82 Å². The van der Waals surface area contributed by atoms with Gasteiger partial charge in [-0.15, -0.1) is 0 Å². The molecule has 2 amide bonds. The van der Waals surface area contributed by atoms with Gasteiger partial charge in [0.25, 0.3) is 0 Å². The Morgan fingerprint density at radius 1 is 1.31 bits per heavy atom. The molecular weight excluding hydrogens is 403 g/mol. The van der Waals surface area contributed by atoms with Gasteiger partial charge < -0.3 is 15.3 Å². The molecule has 0 bridgehead atoms. The zero-order chi connectivity index (χ0) is 21.0. The fourth-order valence-electron chi connectivity index (χ4n) is 3.15. The molecule has 0 aliphatic carbocycles. The molecule has 0 radical (unpaired) electrons. The van der Waals surface area contributed by atoms with Crippen LogP contribution in [0.4, 0.5) is 23.7 Å². The van der Waals surface area contributed by atoms with Gasteiger partial charge in [0.15, 0.2) is 0 Å². The second-order valence-corrected chi connectivity index (χ2v) is 8.18. The summed E-state index contributed by atoms with van der Waals surface area (Å²) in [6.07, 6.45) is 1.02. The van der Waals surface area contributed by atoms with Gasteiger partial charge in [0, 0.05) is 35.8 Å². The number of alkyl halides is 2. The molecule has 29 heavy (non-hydrogen) atoms. The van der Waals surface area contributed by atoms with Gasteiger partial charge in [-0.05, 0) is 50.1 Å². The van der Waals surface area contributed by atoms with Gasteiger partial charge in [-0.1, -0.05) is 17.8 Å². The molecule has 2 aromatic rings. The van der Waals surface area contributed by atoms with Crippen molar-refractivity contribution < 1.29 is 23.1 Å². The first-order valence-electron chi connectivity index (χ1n) is 9.27. The second-order valence-electron chi connectivity index (χ2n) is 6.96. The number of nitrogens with one attached hydrogen (secondary N) is 1. The van der Waals surface area contributed by atoms with Crippen LogP contribution in [0.1, 0.15) is 31.6 Å². The normalized spacial score (nSPS) is 16.5. The number of anilines is 1. The lowest BCUT2D eigenvalue weighted by Gasteiger charge is -2.35. The van der Waals surface area contributed by atoms with Crippen LogP contribution in [-0.2, 0) is 0 Å². The average Bonchev–Trinajstić information content (AvgIpc) is 2.68. The third kappa shape index (κ3) is 5.63. The maximum Gasteiger partial charge on any atom is 0.321 e. The number of aliphatic hydroxyl groups is 1. The molecule has 1 fully saturated rings. The van der Waals surface area contributed by atoms with E-state index in [2.05, 4.69) is 10.3 Å². The van der Waals surface area contributed by atoms with E-state index < -0.39 is 23.1 Å². The maximum atomic E-state index is 14.6. The number of likely N-dealkylation sites (tertiary alicyclic amines) is 1. The number of nitrogens with zero attached hydrogens (tertiary/aromatic N) is 2. The van der Waals surface area contributed by atoms with Gasteiger partial charge in [-0.2, -0.15) is 8.78 Å². The molecule has 5 nitrogen and oxygen atoms in total. The fraction of sp³-hybridized carbons (Fsp3) is 0.400. The van der Waals surface area contributed by atoms with Gasteiger partial charge in [0.05, 0.1) is 11.8 Å². The smallest absolute Gasteiger partial charge is 0.321 e. The van der Waals surface area contributed by atoms with E-state index in [9.17, 15) is 23.1 Å². The number of carbonyl (C=O) groups excluding carboxylic acids is 1. The quantitative estimate of drug-likeness (QED) is 0.669. The van der Waals surface area contributed by atoms with Crippen molar-refractivity contribution in [3.8, 4) is 0 Å². The number of hydrogen-bond acceptors (Lipinski definition) is 4. The fourth-order valence-corrected chi connectivity index (χ4v) is 4.18. The van der Waals surface area contributed by atoms with Crippen molar-refractivity contribution in [2.45, 2.75) is 36.0 Å². The summed E-state index contributed by atoms with van der Waals surface area (Å²) >= 11 is 0.360. The van der Waals surface area contributed by atoms with Crippen molar-refractivity contribution in [3.05, 3.63) is 54.1 Å². The Bertz CT molecular complexity index is 858. The number of rotatable bonds is 5. The lowest BCUT2D eigenvalue weighted by atomic mass is 9.97. The zero-order valence-corrected chi connectivity index (χ0v) is 16.6. The van der Waals surface area contributed by atoms with E-state index in [1.165, 1.54) is 29.3 Å². The van der Waals surface area contributed by atoms with Crippen LogP contribution in [0.25, 0.3) is 0 Å². The minimum absolute atomic E-state index is 0.151. The summed E-state index contributed by atoms with van der Waals surface area (Å²) in [6.45, 7) is 1.97. The zero-order valence-electron chi connectivity index (χ0n) is 15.8. The number of aromatic nitrogens is 1. The van der Waals surface area contributed by atoms with Crippen molar-refractivity contribution in [2.24, 2.45) is 5.92 Å². The van der Waals surface area contributed by atoms with E-state index in [-0.39, 0.29) is 36.9 Å². The lowest BCUT2D eigenvalue weighted by molar-refractivity contribution is 0.01000. The number of hydrogen-bond donors (Lipinski definition) is 2. The van der Waals surface area contributed by atoms with E-state index in [0.717, 1.165) is 6.07 Å². The third-order valence-electron chi connectivity index (χ3n) is 4.77. The number of halogens is 3. The molecule has 9 heteroatoms. The molecule has 1 unspecified atom stereocenters. The Kier molecular flexibility index (Phi) is 6.69. The molecule has 1 aromatic heterocycles. The number of amides is 2. The third-order valence-corrected chi connectivity index (χ3v) is 5.86. The molecular formula is C20H22F3N3O2S. The summed E-state index contributed by atoms with van der Waals surface area (Å²) in [5.74, 6) is -1.45. The lowest BCUT2D eigenvalue weighted by Crippen LogP contribution is -2.44. The molecule has 2 N–H and O–H groups in total. The Morgan fingerprint density at radius 3 is 2.69 bits per heavy atom. The molecule has 1 atom stereocenters. The van der Waals surface area contributed by atoms with Crippen LogP contribution in [0, 0.1) is 11.7 Å². The molecule has 1 aliphatic rings. The number of urea groups is 1. The number of piperidine rings is 1. The molecule has 1 aliphatic heterocycles. The van der Waals surface area contributed by atoms with Gasteiger partial charge in [0.2, 0.25) is 0 Å². The predicted octanol–water partition coefficient (Wildman–Crippen LogP) is 4.90. The Labute approximate surface area is 171 Å². The molecule has 2 heterocycles. The van der Waals surface area contributed by atoms with E-state index in [0.29, 0.717) is 23.1 Å². The van der Waals surface area contributed by atoms with Gasteiger partial charge in [-0.3, -0.25) is 4.98 Å². The van der Waals surface area contributed by atoms with E-state index in [1.54, 1.807) is 19.1 Å². The second kappa shape index (κ2) is 9.04. The van der Waals surface area contributed by atoms with Crippen LogP contribution in [0.15, 0.2) is 47.5 Å². The summed E-state index contributed by atoms with van der Waals surface area (Å²) in [5.41, 5.74) is 0.908. The molecule has 0 spiro atoms. The van der Waals surface area contributed by atoms with Crippen molar-refractivity contribution >= 4 is 23.5 Å².